The van der Waals surface area contributed by atoms with E-state index in [1.165, 1.54) is 13.2 Å². The lowest BCUT2D eigenvalue weighted by Crippen LogP contribution is -2.13. The zero-order valence-corrected chi connectivity index (χ0v) is 11.9. The molecule has 0 bridgehead atoms. The molecule has 2 rings (SSSR count). The number of hydrogen-bond acceptors (Lipinski definition) is 5. The summed E-state index contributed by atoms with van der Waals surface area (Å²) in [6, 6.07) is 13.2. The van der Waals surface area contributed by atoms with Crippen molar-refractivity contribution in [2.75, 3.05) is 7.11 Å². The van der Waals surface area contributed by atoms with Gasteiger partial charge in [0.2, 0.25) is 0 Å². The molecular formula is C17H14O5. The van der Waals surface area contributed by atoms with Crippen molar-refractivity contribution in [3.63, 3.8) is 0 Å². The second kappa shape index (κ2) is 7.08. The number of ether oxygens (including phenoxy) is 3. The molecule has 5 heteroatoms. The van der Waals surface area contributed by atoms with E-state index in [1.807, 2.05) is 0 Å². The Morgan fingerprint density at radius 2 is 1.73 bits per heavy atom. The van der Waals surface area contributed by atoms with Crippen LogP contribution >= 0.6 is 0 Å². The van der Waals surface area contributed by atoms with E-state index in [1.54, 1.807) is 42.5 Å². The van der Waals surface area contributed by atoms with Crippen molar-refractivity contribution < 1.29 is 23.8 Å². The summed E-state index contributed by atoms with van der Waals surface area (Å²) >= 11 is 0. The largest absolute Gasteiger partial charge is 0.493 e. The average Bonchev–Trinajstić information content (AvgIpc) is 2.55. The van der Waals surface area contributed by atoms with Gasteiger partial charge < -0.3 is 14.2 Å². The van der Waals surface area contributed by atoms with Crippen molar-refractivity contribution >= 4 is 11.9 Å². The van der Waals surface area contributed by atoms with E-state index >= 15 is 0 Å². The van der Waals surface area contributed by atoms with Crippen LogP contribution in [-0.4, -0.2) is 19.0 Å². The Morgan fingerprint density at radius 1 is 1.00 bits per heavy atom. The van der Waals surface area contributed by atoms with Gasteiger partial charge in [-0.15, -0.1) is 0 Å². The van der Waals surface area contributed by atoms with Crippen LogP contribution in [0.1, 0.15) is 10.4 Å². The zero-order valence-electron chi connectivity index (χ0n) is 11.9. The van der Waals surface area contributed by atoms with Gasteiger partial charge in [0.25, 0.3) is 0 Å². The smallest absolute Gasteiger partial charge is 0.347 e. The molecule has 0 saturated carbocycles. The van der Waals surface area contributed by atoms with E-state index in [2.05, 4.69) is 6.58 Å². The molecule has 2 aromatic carbocycles. The van der Waals surface area contributed by atoms with Gasteiger partial charge in [-0.2, -0.15) is 0 Å². The second-order valence-corrected chi connectivity index (χ2v) is 4.16. The molecule has 5 nitrogen and oxygen atoms in total. The Hall–Kier alpha value is -3.08. The summed E-state index contributed by atoms with van der Waals surface area (Å²) in [5.41, 5.74) is 0.0819. The minimum absolute atomic E-state index is 0.00386. The van der Waals surface area contributed by atoms with Crippen LogP contribution in [0, 0.1) is 0 Å². The topological polar surface area (TPSA) is 61.8 Å². The number of methoxy groups -OCH3 is 1. The van der Waals surface area contributed by atoms with Crippen LogP contribution in [0.5, 0.6) is 17.2 Å². The summed E-state index contributed by atoms with van der Waals surface area (Å²) in [5.74, 6) is -0.722. The summed E-state index contributed by atoms with van der Waals surface area (Å²) in [6.07, 6.45) is 0.999. The highest BCUT2D eigenvalue weighted by molar-refractivity contribution is 5.96. The first-order chi connectivity index (χ1) is 10.7. The minimum atomic E-state index is -0.696. The molecule has 0 radical (unpaired) electrons. The first-order valence-electron chi connectivity index (χ1n) is 6.44. The molecule has 0 atom stereocenters. The SMILES string of the molecule is C=CC(=O)Oc1c(OC)cccc1C(=O)Oc1ccccc1. The number of benzene rings is 2. The maximum atomic E-state index is 12.3. The molecule has 0 unspecified atom stereocenters. The Kier molecular flexibility index (Phi) is 4.93. The lowest BCUT2D eigenvalue weighted by molar-refractivity contribution is -0.129. The summed E-state index contributed by atoms with van der Waals surface area (Å²) < 4.78 is 15.4. The van der Waals surface area contributed by atoms with Crippen LogP contribution in [-0.2, 0) is 4.79 Å². The third-order valence-corrected chi connectivity index (χ3v) is 2.74. The monoisotopic (exact) mass is 298 g/mol. The highest BCUT2D eigenvalue weighted by Gasteiger charge is 2.20. The Balaban J connectivity index is 2.34. The van der Waals surface area contributed by atoms with E-state index in [-0.39, 0.29) is 17.1 Å². The Morgan fingerprint density at radius 3 is 2.36 bits per heavy atom. The quantitative estimate of drug-likeness (QED) is 0.482. The van der Waals surface area contributed by atoms with Gasteiger partial charge >= 0.3 is 11.9 Å². The van der Waals surface area contributed by atoms with Crippen molar-refractivity contribution in [2.45, 2.75) is 0 Å². The van der Waals surface area contributed by atoms with E-state index in [4.69, 9.17) is 14.2 Å². The van der Waals surface area contributed by atoms with Crippen molar-refractivity contribution in [2.24, 2.45) is 0 Å². The number of carbonyl (C=O) groups is 2. The molecule has 2 aromatic rings. The molecule has 0 spiro atoms. The average molecular weight is 298 g/mol. The molecule has 0 aliphatic heterocycles. The highest BCUT2D eigenvalue weighted by atomic mass is 16.6. The van der Waals surface area contributed by atoms with E-state index in [0.29, 0.717) is 5.75 Å². The van der Waals surface area contributed by atoms with Crippen LogP contribution in [0.15, 0.2) is 61.2 Å². The van der Waals surface area contributed by atoms with Crippen LogP contribution in [0.2, 0.25) is 0 Å². The summed E-state index contributed by atoms with van der Waals surface area (Å²) in [7, 11) is 1.41. The minimum Gasteiger partial charge on any atom is -0.493 e. The fourth-order valence-corrected chi connectivity index (χ4v) is 1.74. The molecular weight excluding hydrogens is 284 g/mol. The molecule has 0 saturated heterocycles. The van der Waals surface area contributed by atoms with Crippen molar-refractivity contribution in [1.82, 2.24) is 0 Å². The summed E-state index contributed by atoms with van der Waals surface area (Å²) in [4.78, 5) is 23.7. The van der Waals surface area contributed by atoms with Crippen LogP contribution in [0.3, 0.4) is 0 Å². The number of hydrogen-bond donors (Lipinski definition) is 0. The van der Waals surface area contributed by atoms with E-state index in [9.17, 15) is 9.59 Å². The number of esters is 2. The summed E-state index contributed by atoms with van der Waals surface area (Å²) in [5, 5.41) is 0. The number of para-hydroxylation sites is 2. The third kappa shape index (κ3) is 3.52. The molecule has 0 N–H and O–H groups in total. The molecule has 0 aliphatic rings. The number of rotatable bonds is 5. The van der Waals surface area contributed by atoms with Crippen LogP contribution in [0.4, 0.5) is 0 Å². The lowest BCUT2D eigenvalue weighted by Gasteiger charge is -2.12. The molecule has 0 fully saturated rings. The van der Waals surface area contributed by atoms with E-state index in [0.717, 1.165) is 6.08 Å². The van der Waals surface area contributed by atoms with Gasteiger partial charge in [-0.1, -0.05) is 30.8 Å². The van der Waals surface area contributed by atoms with Gasteiger partial charge in [-0.25, -0.2) is 9.59 Å². The molecule has 0 aromatic heterocycles. The predicted molar refractivity (Wildman–Crippen MR) is 80.2 cm³/mol. The maximum absolute atomic E-state index is 12.3. The predicted octanol–water partition coefficient (Wildman–Crippen LogP) is 3.01. The number of carbonyl (C=O) groups excluding carboxylic acids is 2. The van der Waals surface area contributed by atoms with Gasteiger partial charge in [0, 0.05) is 6.08 Å². The fourth-order valence-electron chi connectivity index (χ4n) is 1.74. The molecule has 0 heterocycles. The first kappa shape index (κ1) is 15.3. The highest BCUT2D eigenvalue weighted by Crippen LogP contribution is 2.32. The molecule has 0 aliphatic carbocycles. The Bertz CT molecular complexity index is 691. The van der Waals surface area contributed by atoms with Gasteiger partial charge in [-0.05, 0) is 24.3 Å². The van der Waals surface area contributed by atoms with Crippen LogP contribution in [0.25, 0.3) is 0 Å². The molecule has 112 valence electrons. The molecule has 0 amide bonds. The standard InChI is InChI=1S/C17H14O5/c1-3-15(18)22-16-13(10-7-11-14(16)20-2)17(19)21-12-8-5-4-6-9-12/h3-11H,1H2,2H3. The molecule has 22 heavy (non-hydrogen) atoms. The van der Waals surface area contributed by atoms with Crippen molar-refractivity contribution in [1.29, 1.82) is 0 Å². The van der Waals surface area contributed by atoms with Crippen molar-refractivity contribution in [3.8, 4) is 17.2 Å². The van der Waals surface area contributed by atoms with Gasteiger partial charge in [0.15, 0.2) is 11.5 Å². The van der Waals surface area contributed by atoms with Crippen LogP contribution < -0.4 is 14.2 Å². The fraction of sp³-hybridized carbons (Fsp3) is 0.0588. The lowest BCUT2D eigenvalue weighted by atomic mass is 10.2. The zero-order chi connectivity index (χ0) is 15.9. The second-order valence-electron chi connectivity index (χ2n) is 4.16. The maximum Gasteiger partial charge on any atom is 0.347 e. The van der Waals surface area contributed by atoms with Crippen molar-refractivity contribution in [3.05, 3.63) is 66.7 Å². The summed E-state index contributed by atoms with van der Waals surface area (Å²) in [6.45, 7) is 3.32. The first-order valence-corrected chi connectivity index (χ1v) is 6.44. The third-order valence-electron chi connectivity index (χ3n) is 2.74. The Labute approximate surface area is 127 Å². The van der Waals surface area contributed by atoms with E-state index < -0.39 is 11.9 Å². The van der Waals surface area contributed by atoms with Gasteiger partial charge in [0.1, 0.15) is 11.3 Å². The van der Waals surface area contributed by atoms with Gasteiger partial charge in [0.05, 0.1) is 7.11 Å². The van der Waals surface area contributed by atoms with Gasteiger partial charge in [-0.3, -0.25) is 0 Å². The normalized spacial score (nSPS) is 9.68.